The maximum absolute atomic E-state index is 12.5. The van der Waals surface area contributed by atoms with Gasteiger partial charge in [-0.15, -0.1) is 0 Å². The van der Waals surface area contributed by atoms with Crippen molar-refractivity contribution in [1.82, 2.24) is 5.32 Å². The Balaban J connectivity index is 1.96. The van der Waals surface area contributed by atoms with Gasteiger partial charge in [0.1, 0.15) is 0 Å². The number of amides is 1. The van der Waals surface area contributed by atoms with Crippen LogP contribution >= 0.6 is 0 Å². The van der Waals surface area contributed by atoms with Crippen LogP contribution in [0.4, 0.5) is 0 Å². The molecular weight excluding hydrogens is 294 g/mol. The summed E-state index contributed by atoms with van der Waals surface area (Å²) in [6.45, 7) is 3.35. The average Bonchev–Trinajstić information content (AvgIpc) is 2.57. The van der Waals surface area contributed by atoms with Crippen molar-refractivity contribution >= 4 is 11.9 Å². The fraction of sp³-hybridized carbons (Fsp3) is 0.556. The van der Waals surface area contributed by atoms with E-state index in [4.69, 9.17) is 4.74 Å². The van der Waals surface area contributed by atoms with Crippen LogP contribution in [0, 0.1) is 11.8 Å². The molecule has 0 saturated carbocycles. The van der Waals surface area contributed by atoms with Gasteiger partial charge in [-0.25, -0.2) is 0 Å². The summed E-state index contributed by atoms with van der Waals surface area (Å²) in [4.78, 5) is 24.0. The second-order valence-corrected chi connectivity index (χ2v) is 6.01. The lowest BCUT2D eigenvalue weighted by Crippen LogP contribution is -2.40. The van der Waals surface area contributed by atoms with Gasteiger partial charge >= 0.3 is 5.97 Å². The molecule has 2 rings (SSSR count). The predicted molar refractivity (Wildman–Crippen MR) is 87.2 cm³/mol. The molecular formula is C18H25NO4. The molecule has 1 amide bonds. The highest BCUT2D eigenvalue weighted by molar-refractivity contribution is 5.84. The van der Waals surface area contributed by atoms with E-state index < -0.39 is 11.9 Å². The lowest BCUT2D eigenvalue weighted by molar-refractivity contribution is -0.145. The van der Waals surface area contributed by atoms with E-state index in [9.17, 15) is 14.7 Å². The Labute approximate surface area is 137 Å². The zero-order chi connectivity index (χ0) is 16.7. The van der Waals surface area contributed by atoms with E-state index in [1.807, 2.05) is 37.3 Å². The Kier molecular flexibility index (Phi) is 6.59. The summed E-state index contributed by atoms with van der Waals surface area (Å²) in [5.74, 6) is -1.66. The number of benzene rings is 1. The Hall–Kier alpha value is -1.88. The quantitative estimate of drug-likeness (QED) is 0.809. The molecule has 1 aromatic rings. The standard InChI is InChI=1S/C18H25NO4/c1-2-15(13-6-4-3-5-7-13)17(20)19-12-16(18(21)22)14-8-10-23-11-9-14/h3-7,14-16H,2,8-12H2,1H3,(H,19,20)(H,21,22). The lowest BCUT2D eigenvalue weighted by Gasteiger charge is -2.28. The van der Waals surface area contributed by atoms with Crippen LogP contribution in [0.2, 0.25) is 0 Å². The van der Waals surface area contributed by atoms with Crippen molar-refractivity contribution in [2.45, 2.75) is 32.1 Å². The zero-order valence-corrected chi connectivity index (χ0v) is 13.5. The van der Waals surface area contributed by atoms with Crippen molar-refractivity contribution < 1.29 is 19.4 Å². The highest BCUT2D eigenvalue weighted by atomic mass is 16.5. The van der Waals surface area contributed by atoms with Crippen LogP contribution in [0.25, 0.3) is 0 Å². The number of carboxylic acid groups (broad SMARTS) is 1. The molecule has 1 heterocycles. The molecule has 126 valence electrons. The van der Waals surface area contributed by atoms with E-state index >= 15 is 0 Å². The Morgan fingerprint density at radius 3 is 2.48 bits per heavy atom. The minimum atomic E-state index is -0.843. The maximum Gasteiger partial charge on any atom is 0.308 e. The summed E-state index contributed by atoms with van der Waals surface area (Å²) in [5.41, 5.74) is 0.963. The maximum atomic E-state index is 12.5. The second-order valence-electron chi connectivity index (χ2n) is 6.01. The van der Waals surface area contributed by atoms with Crippen molar-refractivity contribution in [1.29, 1.82) is 0 Å². The van der Waals surface area contributed by atoms with Gasteiger partial charge in [0.25, 0.3) is 0 Å². The van der Waals surface area contributed by atoms with Crippen LogP contribution in [-0.2, 0) is 14.3 Å². The van der Waals surface area contributed by atoms with Gasteiger partial charge in [0.15, 0.2) is 0 Å². The summed E-state index contributed by atoms with van der Waals surface area (Å²) in [6.07, 6.45) is 2.16. The molecule has 23 heavy (non-hydrogen) atoms. The number of hydrogen-bond donors (Lipinski definition) is 2. The minimum absolute atomic E-state index is 0.0679. The lowest BCUT2D eigenvalue weighted by atomic mass is 9.85. The van der Waals surface area contributed by atoms with Gasteiger partial charge in [0, 0.05) is 19.8 Å². The SMILES string of the molecule is CCC(C(=O)NCC(C(=O)O)C1CCOCC1)c1ccccc1. The van der Waals surface area contributed by atoms with Gasteiger partial charge in [-0.1, -0.05) is 37.3 Å². The van der Waals surface area contributed by atoms with Crippen molar-refractivity contribution in [3.8, 4) is 0 Å². The molecule has 1 aliphatic rings. The largest absolute Gasteiger partial charge is 0.481 e. The second kappa shape index (κ2) is 8.67. The first-order chi connectivity index (χ1) is 11.1. The topological polar surface area (TPSA) is 75.6 Å². The molecule has 2 N–H and O–H groups in total. The Morgan fingerprint density at radius 2 is 1.91 bits per heavy atom. The van der Waals surface area contributed by atoms with Crippen LogP contribution in [0.3, 0.4) is 0 Å². The van der Waals surface area contributed by atoms with Crippen LogP contribution < -0.4 is 5.32 Å². The third-order valence-electron chi connectivity index (χ3n) is 4.58. The van der Waals surface area contributed by atoms with Gasteiger partial charge in [-0.3, -0.25) is 9.59 Å². The monoisotopic (exact) mass is 319 g/mol. The molecule has 5 nitrogen and oxygen atoms in total. The summed E-state index contributed by atoms with van der Waals surface area (Å²) in [5, 5.41) is 12.3. The van der Waals surface area contributed by atoms with Crippen LogP contribution in [-0.4, -0.2) is 36.7 Å². The van der Waals surface area contributed by atoms with Gasteiger partial charge in [0.05, 0.1) is 11.8 Å². The fourth-order valence-electron chi connectivity index (χ4n) is 3.17. The average molecular weight is 319 g/mol. The van der Waals surface area contributed by atoms with Crippen LogP contribution in [0.15, 0.2) is 30.3 Å². The number of carbonyl (C=O) groups is 2. The van der Waals surface area contributed by atoms with Crippen molar-refractivity contribution in [3.05, 3.63) is 35.9 Å². The number of carboxylic acids is 1. The minimum Gasteiger partial charge on any atom is -0.481 e. The smallest absolute Gasteiger partial charge is 0.308 e. The number of carbonyl (C=O) groups excluding carboxylic acids is 1. The van der Waals surface area contributed by atoms with E-state index in [0.717, 1.165) is 18.4 Å². The molecule has 0 aliphatic carbocycles. The first kappa shape index (κ1) is 17.5. The van der Waals surface area contributed by atoms with E-state index in [0.29, 0.717) is 19.6 Å². The summed E-state index contributed by atoms with van der Waals surface area (Å²) in [7, 11) is 0. The fourth-order valence-corrected chi connectivity index (χ4v) is 3.17. The molecule has 0 aromatic heterocycles. The molecule has 2 unspecified atom stereocenters. The number of nitrogens with one attached hydrogen (secondary N) is 1. The number of rotatable bonds is 7. The molecule has 5 heteroatoms. The van der Waals surface area contributed by atoms with Crippen molar-refractivity contribution in [2.24, 2.45) is 11.8 Å². The van der Waals surface area contributed by atoms with Crippen molar-refractivity contribution in [3.63, 3.8) is 0 Å². The normalized spacial score (nSPS) is 18.1. The third kappa shape index (κ3) is 4.79. The van der Waals surface area contributed by atoms with E-state index in [1.54, 1.807) is 0 Å². The highest BCUT2D eigenvalue weighted by Gasteiger charge is 2.30. The summed E-state index contributed by atoms with van der Waals surface area (Å²) >= 11 is 0. The number of hydrogen-bond acceptors (Lipinski definition) is 3. The molecule has 2 atom stereocenters. The molecule has 0 radical (unpaired) electrons. The van der Waals surface area contributed by atoms with E-state index in [2.05, 4.69) is 5.32 Å². The van der Waals surface area contributed by atoms with Gasteiger partial charge in [-0.2, -0.15) is 0 Å². The summed E-state index contributed by atoms with van der Waals surface area (Å²) in [6, 6.07) is 9.60. The molecule has 0 spiro atoms. The highest BCUT2D eigenvalue weighted by Crippen LogP contribution is 2.24. The van der Waals surface area contributed by atoms with E-state index in [1.165, 1.54) is 0 Å². The van der Waals surface area contributed by atoms with Crippen LogP contribution in [0.1, 0.15) is 37.7 Å². The van der Waals surface area contributed by atoms with Gasteiger partial charge in [0.2, 0.25) is 5.91 Å². The Morgan fingerprint density at radius 1 is 1.26 bits per heavy atom. The zero-order valence-electron chi connectivity index (χ0n) is 13.5. The molecule has 0 bridgehead atoms. The molecule has 1 aliphatic heterocycles. The Bertz CT molecular complexity index is 511. The molecule has 1 aromatic carbocycles. The van der Waals surface area contributed by atoms with Gasteiger partial charge in [-0.05, 0) is 30.7 Å². The van der Waals surface area contributed by atoms with Crippen LogP contribution in [0.5, 0.6) is 0 Å². The van der Waals surface area contributed by atoms with Crippen molar-refractivity contribution in [2.75, 3.05) is 19.8 Å². The first-order valence-corrected chi connectivity index (χ1v) is 8.26. The van der Waals surface area contributed by atoms with Gasteiger partial charge < -0.3 is 15.2 Å². The van der Waals surface area contributed by atoms with E-state index in [-0.39, 0.29) is 24.3 Å². The predicted octanol–water partition coefficient (Wildman–Crippen LogP) is 2.42. The molecule has 1 saturated heterocycles. The number of aliphatic carboxylic acids is 1. The third-order valence-corrected chi connectivity index (χ3v) is 4.58. The summed E-state index contributed by atoms with van der Waals surface area (Å²) < 4.78 is 5.29. The number of ether oxygens (including phenoxy) is 1. The molecule has 1 fully saturated rings. The first-order valence-electron chi connectivity index (χ1n) is 8.26.